The molecule has 110 valence electrons. The zero-order chi connectivity index (χ0) is 15.6. The summed E-state index contributed by atoms with van der Waals surface area (Å²) in [5, 5.41) is 23.6. The Balaban J connectivity index is 2.17. The van der Waals surface area contributed by atoms with Crippen LogP contribution < -0.4 is 5.32 Å². The zero-order valence-electron chi connectivity index (χ0n) is 10.2. The fraction of sp³-hybridized carbons (Fsp3) is 0.0909. The van der Waals surface area contributed by atoms with Gasteiger partial charge in [-0.2, -0.15) is 4.39 Å². The minimum Gasteiger partial charge on any atom is -0.378 e. The number of rotatable bonds is 5. The van der Waals surface area contributed by atoms with Crippen LogP contribution in [0, 0.1) is 31.9 Å². The molecule has 1 heterocycles. The van der Waals surface area contributed by atoms with Gasteiger partial charge in [0.05, 0.1) is 15.5 Å². The Kier molecular flexibility index (Phi) is 4.08. The van der Waals surface area contributed by atoms with Crippen molar-refractivity contribution in [3.63, 3.8) is 0 Å². The average molecular weight is 315 g/mol. The van der Waals surface area contributed by atoms with Crippen molar-refractivity contribution in [3.05, 3.63) is 61.0 Å². The molecule has 2 aromatic rings. The summed E-state index contributed by atoms with van der Waals surface area (Å²) in [6, 6.07) is 3.93. The van der Waals surface area contributed by atoms with Crippen molar-refractivity contribution in [2.24, 2.45) is 0 Å². The summed E-state index contributed by atoms with van der Waals surface area (Å²) in [6.45, 7) is 0.0260. The van der Waals surface area contributed by atoms with E-state index in [0.717, 1.165) is 17.4 Å². The standard InChI is InChI=1S/C11H7F2N3O4S/c12-7-3-8(13)10(15(17)18)4-9(7)14-5-6-1-2-11(21-6)16(19)20/h1-4,14H,5H2. The molecule has 1 aromatic carbocycles. The van der Waals surface area contributed by atoms with Crippen molar-refractivity contribution < 1.29 is 18.6 Å². The van der Waals surface area contributed by atoms with Crippen LogP contribution in [0.4, 0.5) is 25.2 Å². The van der Waals surface area contributed by atoms with Crippen LogP contribution in [0.1, 0.15) is 4.88 Å². The molecule has 0 spiro atoms. The summed E-state index contributed by atoms with van der Waals surface area (Å²) >= 11 is 0.888. The second-order valence-corrected chi connectivity index (χ2v) is 5.04. The van der Waals surface area contributed by atoms with Crippen molar-refractivity contribution >= 4 is 27.7 Å². The van der Waals surface area contributed by atoms with Gasteiger partial charge >= 0.3 is 10.7 Å². The molecule has 0 aliphatic rings. The van der Waals surface area contributed by atoms with Crippen molar-refractivity contribution in [1.82, 2.24) is 0 Å². The molecule has 7 nitrogen and oxygen atoms in total. The molecule has 1 N–H and O–H groups in total. The number of nitro groups is 2. The Hall–Kier alpha value is -2.62. The topological polar surface area (TPSA) is 98.3 Å². The van der Waals surface area contributed by atoms with Crippen molar-refractivity contribution in [2.75, 3.05) is 5.32 Å². The van der Waals surface area contributed by atoms with E-state index in [9.17, 15) is 29.0 Å². The Morgan fingerprint density at radius 2 is 1.81 bits per heavy atom. The number of benzene rings is 1. The van der Waals surface area contributed by atoms with E-state index in [0.29, 0.717) is 10.9 Å². The summed E-state index contributed by atoms with van der Waals surface area (Å²) in [7, 11) is 0. The van der Waals surface area contributed by atoms with Gasteiger partial charge in [0, 0.05) is 29.6 Å². The molecule has 0 saturated heterocycles. The second-order valence-electron chi connectivity index (χ2n) is 3.89. The first kappa shape index (κ1) is 14.8. The monoisotopic (exact) mass is 315 g/mol. The lowest BCUT2D eigenvalue weighted by Crippen LogP contribution is -2.02. The first-order valence-corrected chi connectivity index (χ1v) is 6.30. The molecule has 0 atom stereocenters. The molecule has 0 aliphatic heterocycles. The third kappa shape index (κ3) is 3.28. The number of anilines is 1. The van der Waals surface area contributed by atoms with Crippen LogP contribution >= 0.6 is 11.3 Å². The molecule has 10 heteroatoms. The minimum atomic E-state index is -1.27. The van der Waals surface area contributed by atoms with Gasteiger partial charge < -0.3 is 5.32 Å². The highest BCUT2D eigenvalue weighted by molar-refractivity contribution is 7.15. The highest BCUT2D eigenvalue weighted by Crippen LogP contribution is 2.28. The molecule has 0 radical (unpaired) electrons. The number of halogens is 2. The predicted molar refractivity (Wildman–Crippen MR) is 71.3 cm³/mol. The number of thiophene rings is 1. The number of nitrogens with one attached hydrogen (secondary N) is 1. The first-order chi connectivity index (χ1) is 9.88. The summed E-state index contributed by atoms with van der Waals surface area (Å²) in [5.74, 6) is -2.25. The largest absolute Gasteiger partial charge is 0.378 e. The van der Waals surface area contributed by atoms with Crippen LogP contribution in [0.2, 0.25) is 0 Å². The quantitative estimate of drug-likeness (QED) is 0.673. The molecule has 0 aliphatic carbocycles. The summed E-state index contributed by atoms with van der Waals surface area (Å²) < 4.78 is 26.7. The van der Waals surface area contributed by atoms with Gasteiger partial charge in [-0.05, 0) is 6.07 Å². The van der Waals surface area contributed by atoms with E-state index in [2.05, 4.69) is 5.32 Å². The lowest BCUT2D eigenvalue weighted by Gasteiger charge is -2.06. The number of hydrogen-bond acceptors (Lipinski definition) is 6. The van der Waals surface area contributed by atoms with E-state index in [1.54, 1.807) is 0 Å². The number of nitro benzene ring substituents is 1. The van der Waals surface area contributed by atoms with Crippen molar-refractivity contribution in [1.29, 1.82) is 0 Å². The lowest BCUT2D eigenvalue weighted by molar-refractivity contribution is -0.387. The van der Waals surface area contributed by atoms with E-state index in [1.165, 1.54) is 12.1 Å². The molecular weight excluding hydrogens is 308 g/mol. The first-order valence-electron chi connectivity index (χ1n) is 5.49. The van der Waals surface area contributed by atoms with Gasteiger partial charge in [0.15, 0.2) is 0 Å². The number of hydrogen-bond donors (Lipinski definition) is 1. The predicted octanol–water partition coefficient (Wildman–Crippen LogP) is 3.45. The van der Waals surface area contributed by atoms with E-state index >= 15 is 0 Å². The van der Waals surface area contributed by atoms with Crippen LogP contribution in [-0.2, 0) is 6.54 Å². The highest BCUT2D eigenvalue weighted by Gasteiger charge is 2.18. The molecule has 0 bridgehead atoms. The highest BCUT2D eigenvalue weighted by atomic mass is 32.1. The number of nitrogens with zero attached hydrogens (tertiary/aromatic N) is 2. The summed E-state index contributed by atoms with van der Waals surface area (Å²) in [6.07, 6.45) is 0. The summed E-state index contributed by atoms with van der Waals surface area (Å²) in [4.78, 5) is 20.1. The van der Waals surface area contributed by atoms with Crippen molar-refractivity contribution in [2.45, 2.75) is 6.54 Å². The second kappa shape index (κ2) is 5.79. The third-order valence-electron chi connectivity index (χ3n) is 2.51. The average Bonchev–Trinajstić information content (AvgIpc) is 2.86. The maximum atomic E-state index is 13.5. The Labute approximate surface area is 120 Å². The van der Waals surface area contributed by atoms with Gasteiger partial charge in [0.2, 0.25) is 5.82 Å². The van der Waals surface area contributed by atoms with E-state index in [-0.39, 0.29) is 17.2 Å². The maximum Gasteiger partial charge on any atom is 0.324 e. The van der Waals surface area contributed by atoms with Crippen LogP contribution in [0.5, 0.6) is 0 Å². The SMILES string of the molecule is O=[N+]([O-])c1ccc(CNc2cc([N+](=O)[O-])c(F)cc2F)s1. The fourth-order valence-corrected chi connectivity index (χ4v) is 2.31. The van der Waals surface area contributed by atoms with E-state index in [4.69, 9.17) is 0 Å². The van der Waals surface area contributed by atoms with Gasteiger partial charge in [-0.3, -0.25) is 20.2 Å². The molecule has 0 fully saturated rings. The van der Waals surface area contributed by atoms with Crippen LogP contribution in [-0.4, -0.2) is 9.85 Å². The van der Waals surface area contributed by atoms with Gasteiger partial charge in [-0.15, -0.1) is 0 Å². The Morgan fingerprint density at radius 3 is 2.38 bits per heavy atom. The minimum absolute atomic E-state index is 0.0260. The third-order valence-corrected chi connectivity index (χ3v) is 3.55. The molecular formula is C11H7F2N3O4S. The zero-order valence-corrected chi connectivity index (χ0v) is 11.0. The van der Waals surface area contributed by atoms with E-state index < -0.39 is 27.2 Å². The van der Waals surface area contributed by atoms with Gasteiger partial charge in [-0.1, -0.05) is 11.3 Å². The fourth-order valence-electron chi connectivity index (χ4n) is 1.56. The van der Waals surface area contributed by atoms with Gasteiger partial charge in [-0.25, -0.2) is 4.39 Å². The van der Waals surface area contributed by atoms with Gasteiger partial charge in [0.1, 0.15) is 5.82 Å². The smallest absolute Gasteiger partial charge is 0.324 e. The summed E-state index contributed by atoms with van der Waals surface area (Å²) in [5.41, 5.74) is -1.10. The van der Waals surface area contributed by atoms with Crippen molar-refractivity contribution in [3.8, 4) is 0 Å². The van der Waals surface area contributed by atoms with Gasteiger partial charge in [0.25, 0.3) is 0 Å². The van der Waals surface area contributed by atoms with Crippen LogP contribution in [0.3, 0.4) is 0 Å². The van der Waals surface area contributed by atoms with E-state index in [1.807, 2.05) is 0 Å². The Morgan fingerprint density at radius 1 is 1.10 bits per heavy atom. The Bertz CT molecular complexity index is 719. The lowest BCUT2D eigenvalue weighted by atomic mass is 10.2. The maximum absolute atomic E-state index is 13.5. The molecule has 0 saturated carbocycles. The molecule has 0 amide bonds. The molecule has 1 aromatic heterocycles. The molecule has 21 heavy (non-hydrogen) atoms. The van der Waals surface area contributed by atoms with Crippen LogP contribution in [0.15, 0.2) is 24.3 Å². The molecule has 2 rings (SSSR count). The van der Waals surface area contributed by atoms with Crippen LogP contribution in [0.25, 0.3) is 0 Å². The molecule has 0 unspecified atom stereocenters. The normalized spacial score (nSPS) is 10.4.